The van der Waals surface area contributed by atoms with Gasteiger partial charge in [-0.05, 0) is 24.8 Å². The first-order valence-corrected chi connectivity index (χ1v) is 6.85. The molecule has 2 aliphatic carbocycles. The summed E-state index contributed by atoms with van der Waals surface area (Å²) in [6, 6.07) is 1.94. The van der Waals surface area contributed by atoms with Crippen molar-refractivity contribution in [2.24, 2.45) is 11.3 Å². The third-order valence-corrected chi connectivity index (χ3v) is 5.66. The van der Waals surface area contributed by atoms with Gasteiger partial charge >= 0.3 is 0 Å². The third-order valence-electron chi connectivity index (χ3n) is 5.66. The van der Waals surface area contributed by atoms with Crippen molar-refractivity contribution in [3.8, 4) is 0 Å². The number of ether oxygens (including phenoxy) is 1. The van der Waals surface area contributed by atoms with Gasteiger partial charge in [0.25, 0.3) is 0 Å². The lowest BCUT2D eigenvalue weighted by Gasteiger charge is -2.44. The molecule has 0 amide bonds. The van der Waals surface area contributed by atoms with Gasteiger partial charge in [0.05, 0.1) is 18.4 Å². The molecule has 3 aliphatic rings. The molecule has 3 heteroatoms. The quantitative estimate of drug-likeness (QED) is 0.715. The van der Waals surface area contributed by atoms with Crippen LogP contribution in [0.5, 0.6) is 0 Å². The van der Waals surface area contributed by atoms with Crippen molar-refractivity contribution in [3.63, 3.8) is 0 Å². The number of carbonyl (C=O) groups is 1. The Morgan fingerprint density at radius 1 is 1.44 bits per heavy atom. The van der Waals surface area contributed by atoms with Crippen LogP contribution < -0.4 is 0 Å². The fraction of sp³-hybridized carbons (Fsp3) is 0.667. The molecule has 0 unspecified atom stereocenters. The second-order valence-corrected chi connectivity index (χ2v) is 6.39. The van der Waals surface area contributed by atoms with Crippen molar-refractivity contribution < 1.29 is 13.9 Å². The molecule has 4 rings (SSSR count). The number of hydrogen-bond donors (Lipinski definition) is 0. The minimum atomic E-state index is -0.176. The van der Waals surface area contributed by atoms with Crippen molar-refractivity contribution in [1.82, 2.24) is 0 Å². The highest BCUT2D eigenvalue weighted by atomic mass is 16.6. The summed E-state index contributed by atoms with van der Waals surface area (Å²) in [5.41, 5.74) is 0.812. The molecule has 1 spiro atoms. The zero-order valence-electron chi connectivity index (χ0n) is 10.8. The van der Waals surface area contributed by atoms with Gasteiger partial charge in [-0.1, -0.05) is 20.3 Å². The Balaban J connectivity index is 1.85. The molecule has 1 saturated heterocycles. The molecule has 1 aromatic rings. The van der Waals surface area contributed by atoms with Crippen molar-refractivity contribution in [2.45, 2.75) is 50.7 Å². The van der Waals surface area contributed by atoms with E-state index in [2.05, 4.69) is 13.8 Å². The molecule has 5 atom stereocenters. The van der Waals surface area contributed by atoms with E-state index >= 15 is 0 Å². The zero-order valence-corrected chi connectivity index (χ0v) is 10.8. The van der Waals surface area contributed by atoms with Crippen LogP contribution in [0.2, 0.25) is 0 Å². The van der Waals surface area contributed by atoms with Gasteiger partial charge in [-0.3, -0.25) is 4.79 Å². The number of hydrogen-bond acceptors (Lipinski definition) is 3. The minimum absolute atomic E-state index is 0.0299. The number of carbonyl (C=O) groups excluding carboxylic acids is 1. The highest BCUT2D eigenvalue weighted by Crippen LogP contribution is 2.71. The molecule has 96 valence electrons. The van der Waals surface area contributed by atoms with Crippen LogP contribution in [0, 0.1) is 11.3 Å². The molecule has 1 aromatic heterocycles. The maximum absolute atomic E-state index is 12.6. The summed E-state index contributed by atoms with van der Waals surface area (Å²) >= 11 is 0. The second-order valence-electron chi connectivity index (χ2n) is 6.39. The van der Waals surface area contributed by atoms with E-state index in [0.717, 1.165) is 12.0 Å². The largest absolute Gasteiger partial charge is 0.472 e. The summed E-state index contributed by atoms with van der Waals surface area (Å²) in [6.07, 6.45) is 6.68. The van der Waals surface area contributed by atoms with Crippen LogP contribution in [0.25, 0.3) is 0 Å². The lowest BCUT2D eigenvalue weighted by atomic mass is 9.59. The maximum Gasteiger partial charge on any atom is 0.172 e. The zero-order chi connectivity index (χ0) is 12.5. The number of Topliss-reactive ketones (excluding diaryl/α,β-unsaturated/α-hetero) is 1. The van der Waals surface area contributed by atoms with E-state index in [1.165, 1.54) is 12.8 Å². The van der Waals surface area contributed by atoms with Gasteiger partial charge in [0.15, 0.2) is 5.78 Å². The van der Waals surface area contributed by atoms with Crippen molar-refractivity contribution in [2.75, 3.05) is 0 Å². The average Bonchev–Trinajstić information content (AvgIpc) is 2.81. The van der Waals surface area contributed by atoms with Crippen LogP contribution in [0.1, 0.15) is 44.6 Å². The number of ketones is 1. The lowest BCUT2D eigenvalue weighted by Crippen LogP contribution is -2.45. The van der Waals surface area contributed by atoms with E-state index in [4.69, 9.17) is 9.15 Å². The van der Waals surface area contributed by atoms with E-state index in [1.54, 1.807) is 12.5 Å². The smallest absolute Gasteiger partial charge is 0.172 e. The molecule has 0 bridgehead atoms. The van der Waals surface area contributed by atoms with Crippen molar-refractivity contribution in [3.05, 3.63) is 24.2 Å². The predicted molar refractivity (Wildman–Crippen MR) is 65.2 cm³/mol. The molecule has 18 heavy (non-hydrogen) atoms. The first-order valence-electron chi connectivity index (χ1n) is 6.85. The van der Waals surface area contributed by atoms with Gasteiger partial charge in [-0.25, -0.2) is 0 Å². The Kier molecular flexibility index (Phi) is 1.85. The minimum Gasteiger partial charge on any atom is -0.472 e. The topological polar surface area (TPSA) is 42.7 Å². The Hall–Kier alpha value is -1.09. The van der Waals surface area contributed by atoms with Gasteiger partial charge in [0.2, 0.25) is 0 Å². The third kappa shape index (κ3) is 0.957. The first-order chi connectivity index (χ1) is 8.61. The molecule has 0 radical (unpaired) electrons. The fourth-order valence-electron chi connectivity index (χ4n) is 4.79. The normalized spacial score (nSPS) is 49.9. The van der Waals surface area contributed by atoms with Crippen molar-refractivity contribution >= 4 is 5.78 Å². The Bertz CT molecular complexity index is 506. The highest BCUT2D eigenvalue weighted by Gasteiger charge is 2.81. The molecular weight excluding hydrogens is 228 g/mol. The second kappa shape index (κ2) is 3.08. The van der Waals surface area contributed by atoms with Crippen LogP contribution in [-0.4, -0.2) is 17.5 Å². The Morgan fingerprint density at radius 3 is 3.00 bits per heavy atom. The molecular formula is C15H18O3. The Labute approximate surface area is 106 Å². The van der Waals surface area contributed by atoms with Gasteiger partial charge in [0, 0.05) is 11.0 Å². The number of furan rings is 1. The van der Waals surface area contributed by atoms with E-state index in [1.807, 2.05) is 6.07 Å². The average molecular weight is 246 g/mol. The summed E-state index contributed by atoms with van der Waals surface area (Å²) in [6.45, 7) is 4.48. The van der Waals surface area contributed by atoms with Crippen molar-refractivity contribution in [1.29, 1.82) is 0 Å². The molecule has 0 N–H and O–H groups in total. The summed E-state index contributed by atoms with van der Waals surface area (Å²) in [7, 11) is 0. The highest BCUT2D eigenvalue weighted by molar-refractivity contribution is 5.98. The van der Waals surface area contributed by atoms with Gasteiger partial charge in [-0.2, -0.15) is 0 Å². The predicted octanol–water partition coefficient (Wildman–Crippen LogP) is 2.91. The molecule has 3 fully saturated rings. The monoisotopic (exact) mass is 246 g/mol. The molecule has 3 nitrogen and oxygen atoms in total. The summed E-state index contributed by atoms with van der Waals surface area (Å²) < 4.78 is 11.1. The standard InChI is InChI=1S/C15H18O3/c1-9-4-3-6-14(2)11(10-5-7-17-8-10)12(16)13-15(9,14)18-13/h5,7-9,11,13H,3-4,6H2,1-2H3/t9-,11-,13-,14+,15-/m1/s1. The SMILES string of the molecule is C[C@@H]1CCC[C@@]2(C)[C@H](c3ccoc3)C(=O)[C@H]3O[C@]132. The van der Waals surface area contributed by atoms with Crippen LogP contribution in [0.3, 0.4) is 0 Å². The van der Waals surface area contributed by atoms with Gasteiger partial charge in [-0.15, -0.1) is 0 Å². The van der Waals surface area contributed by atoms with E-state index in [-0.39, 0.29) is 28.8 Å². The fourth-order valence-corrected chi connectivity index (χ4v) is 4.79. The maximum atomic E-state index is 12.6. The van der Waals surface area contributed by atoms with E-state index in [9.17, 15) is 4.79 Å². The van der Waals surface area contributed by atoms with Gasteiger partial charge < -0.3 is 9.15 Å². The summed E-state index contributed by atoms with van der Waals surface area (Å²) in [5, 5.41) is 0. The van der Waals surface area contributed by atoms with Gasteiger partial charge in [0.1, 0.15) is 11.7 Å². The lowest BCUT2D eigenvalue weighted by molar-refractivity contribution is -0.125. The molecule has 0 aromatic carbocycles. The number of epoxide rings is 1. The molecule has 2 saturated carbocycles. The van der Waals surface area contributed by atoms with Crippen LogP contribution in [0.4, 0.5) is 0 Å². The Morgan fingerprint density at radius 2 is 2.28 bits per heavy atom. The molecule has 2 heterocycles. The summed E-state index contributed by atoms with van der Waals surface area (Å²) in [5.74, 6) is 0.729. The van der Waals surface area contributed by atoms with Crippen LogP contribution >= 0.6 is 0 Å². The first kappa shape index (κ1) is 10.8. The van der Waals surface area contributed by atoms with Crippen LogP contribution in [0.15, 0.2) is 23.0 Å². The number of rotatable bonds is 1. The van der Waals surface area contributed by atoms with Crippen LogP contribution in [-0.2, 0) is 9.53 Å². The summed E-state index contributed by atoms with van der Waals surface area (Å²) in [4.78, 5) is 12.6. The molecule has 1 aliphatic heterocycles. The van der Waals surface area contributed by atoms with E-state index < -0.39 is 0 Å². The van der Waals surface area contributed by atoms with E-state index in [0.29, 0.717) is 5.92 Å².